The molecule has 1 aromatic carbocycles. The van der Waals surface area contributed by atoms with Crippen molar-refractivity contribution in [2.24, 2.45) is 0 Å². The van der Waals surface area contributed by atoms with E-state index in [-0.39, 0.29) is 18.6 Å². The summed E-state index contributed by atoms with van der Waals surface area (Å²) >= 11 is 0. The average molecular weight is 271 g/mol. The number of nitrogens with zero attached hydrogens (tertiary/aromatic N) is 2. The van der Waals surface area contributed by atoms with Crippen LogP contribution >= 0.6 is 0 Å². The number of amides is 1. The third-order valence-corrected chi connectivity index (χ3v) is 3.84. The van der Waals surface area contributed by atoms with Gasteiger partial charge in [-0.05, 0) is 24.3 Å². The molecule has 0 radical (unpaired) electrons. The second kappa shape index (κ2) is 5.09. The molecule has 1 atom stereocenters. The van der Waals surface area contributed by atoms with Crippen molar-refractivity contribution in [3.63, 3.8) is 0 Å². The number of rotatable bonds is 2. The number of anilines is 1. The average Bonchev–Trinajstić information content (AvgIpc) is 2.95. The highest BCUT2D eigenvalue weighted by Crippen LogP contribution is 2.23. The predicted molar refractivity (Wildman–Crippen MR) is 77.3 cm³/mol. The summed E-state index contributed by atoms with van der Waals surface area (Å²) in [6.07, 6.45) is 1.76. The van der Waals surface area contributed by atoms with Gasteiger partial charge in [0.15, 0.2) is 0 Å². The van der Waals surface area contributed by atoms with Gasteiger partial charge in [0.25, 0.3) is 5.91 Å². The highest BCUT2D eigenvalue weighted by molar-refractivity contribution is 6.00. The van der Waals surface area contributed by atoms with Crippen molar-refractivity contribution in [3.8, 4) is 0 Å². The lowest BCUT2D eigenvalue weighted by atomic mass is 10.1. The zero-order valence-electron chi connectivity index (χ0n) is 11.1. The van der Waals surface area contributed by atoms with Crippen molar-refractivity contribution in [1.29, 1.82) is 0 Å². The molecule has 1 aliphatic rings. The summed E-state index contributed by atoms with van der Waals surface area (Å²) in [5, 5.41) is 11.1. The minimum atomic E-state index is -0.154. The maximum Gasteiger partial charge on any atom is 0.272 e. The summed E-state index contributed by atoms with van der Waals surface area (Å²) in [6.45, 7) is 0.660. The van der Waals surface area contributed by atoms with Crippen LogP contribution in [0.4, 0.5) is 5.82 Å². The summed E-state index contributed by atoms with van der Waals surface area (Å²) < 4.78 is 0. The number of pyridine rings is 1. The third-order valence-electron chi connectivity index (χ3n) is 3.84. The van der Waals surface area contributed by atoms with Crippen molar-refractivity contribution < 1.29 is 9.90 Å². The first-order chi connectivity index (χ1) is 9.70. The molecule has 0 spiro atoms. The van der Waals surface area contributed by atoms with Crippen LogP contribution in [0, 0.1) is 0 Å². The molecule has 1 amide bonds. The molecule has 1 aliphatic heterocycles. The summed E-state index contributed by atoms with van der Waals surface area (Å²) in [4.78, 5) is 18.4. The number of hydrogen-bond donors (Lipinski definition) is 2. The van der Waals surface area contributed by atoms with Gasteiger partial charge in [-0.2, -0.15) is 0 Å². The Hall–Kier alpha value is -2.14. The molecule has 20 heavy (non-hydrogen) atoms. The standard InChI is InChI=1S/C15H17N3O2/c16-14-12-6-2-1-4-10(12)8-13(17-14)15(20)18-7-3-5-11(18)9-19/h1-2,4,6,8,11,19H,3,5,7,9H2,(H2,16,17). The van der Waals surface area contributed by atoms with E-state index in [9.17, 15) is 9.90 Å². The maximum absolute atomic E-state index is 12.5. The van der Waals surface area contributed by atoms with Crippen LogP contribution in [0.2, 0.25) is 0 Å². The quantitative estimate of drug-likeness (QED) is 0.865. The Kier molecular flexibility index (Phi) is 3.28. The van der Waals surface area contributed by atoms with Gasteiger partial charge in [0.05, 0.1) is 12.6 Å². The number of likely N-dealkylation sites (tertiary alicyclic amines) is 1. The molecule has 2 aromatic rings. The minimum absolute atomic E-state index is 0.00516. The van der Waals surface area contributed by atoms with Gasteiger partial charge in [-0.15, -0.1) is 0 Å². The van der Waals surface area contributed by atoms with Crippen molar-refractivity contribution in [2.45, 2.75) is 18.9 Å². The number of carbonyl (C=O) groups is 1. The number of nitrogens with two attached hydrogens (primary N) is 1. The summed E-state index contributed by atoms with van der Waals surface area (Å²) in [5.41, 5.74) is 6.28. The van der Waals surface area contributed by atoms with Crippen molar-refractivity contribution in [3.05, 3.63) is 36.0 Å². The number of aromatic nitrogens is 1. The lowest BCUT2D eigenvalue weighted by Crippen LogP contribution is -2.38. The zero-order chi connectivity index (χ0) is 14.1. The van der Waals surface area contributed by atoms with E-state index >= 15 is 0 Å². The largest absolute Gasteiger partial charge is 0.394 e. The lowest BCUT2D eigenvalue weighted by molar-refractivity contribution is 0.0672. The molecule has 5 heteroatoms. The third kappa shape index (κ3) is 2.10. The van der Waals surface area contributed by atoms with Crippen LogP contribution in [0.15, 0.2) is 30.3 Å². The fourth-order valence-corrected chi connectivity index (χ4v) is 2.78. The summed E-state index contributed by atoms with van der Waals surface area (Å²) in [7, 11) is 0. The molecule has 0 saturated carbocycles. The summed E-state index contributed by atoms with van der Waals surface area (Å²) in [5.74, 6) is 0.213. The first-order valence-electron chi connectivity index (χ1n) is 6.78. The molecule has 5 nitrogen and oxygen atoms in total. The second-order valence-corrected chi connectivity index (χ2v) is 5.09. The number of aliphatic hydroxyl groups excluding tert-OH is 1. The van der Waals surface area contributed by atoms with Crippen LogP contribution in [0.1, 0.15) is 23.3 Å². The highest BCUT2D eigenvalue weighted by atomic mass is 16.3. The molecule has 0 aliphatic carbocycles. The lowest BCUT2D eigenvalue weighted by Gasteiger charge is -2.22. The maximum atomic E-state index is 12.5. The SMILES string of the molecule is Nc1nc(C(=O)N2CCCC2CO)cc2ccccc12. The van der Waals surface area contributed by atoms with E-state index in [1.54, 1.807) is 11.0 Å². The van der Waals surface area contributed by atoms with Gasteiger partial charge in [-0.25, -0.2) is 4.98 Å². The Bertz CT molecular complexity index is 657. The molecule has 1 fully saturated rings. The molecule has 3 N–H and O–H groups in total. The predicted octanol–water partition coefficient (Wildman–Crippen LogP) is 1.41. The molecular formula is C15H17N3O2. The van der Waals surface area contributed by atoms with Crippen LogP contribution in [0.3, 0.4) is 0 Å². The molecule has 1 saturated heterocycles. The van der Waals surface area contributed by atoms with Crippen LogP contribution in [-0.4, -0.2) is 40.1 Å². The van der Waals surface area contributed by atoms with Gasteiger partial charge in [0.2, 0.25) is 0 Å². The molecular weight excluding hydrogens is 254 g/mol. The van der Waals surface area contributed by atoms with Crippen LogP contribution in [-0.2, 0) is 0 Å². The van der Waals surface area contributed by atoms with E-state index < -0.39 is 0 Å². The van der Waals surface area contributed by atoms with Gasteiger partial charge in [-0.3, -0.25) is 4.79 Å². The normalized spacial score (nSPS) is 18.6. The van der Waals surface area contributed by atoms with Gasteiger partial charge in [-0.1, -0.05) is 24.3 Å². The highest BCUT2D eigenvalue weighted by Gasteiger charge is 2.29. The molecule has 1 unspecified atom stereocenters. The molecule has 2 heterocycles. The number of carbonyl (C=O) groups excluding carboxylic acids is 1. The van der Waals surface area contributed by atoms with Crippen molar-refractivity contribution >= 4 is 22.5 Å². The van der Waals surface area contributed by atoms with E-state index in [1.807, 2.05) is 24.3 Å². The Labute approximate surface area is 117 Å². The molecule has 104 valence electrons. The van der Waals surface area contributed by atoms with Crippen LogP contribution < -0.4 is 5.73 Å². The number of hydrogen-bond acceptors (Lipinski definition) is 4. The van der Waals surface area contributed by atoms with Crippen LogP contribution in [0.25, 0.3) is 10.8 Å². The number of aliphatic hydroxyl groups is 1. The van der Waals surface area contributed by atoms with E-state index in [0.717, 1.165) is 23.6 Å². The van der Waals surface area contributed by atoms with E-state index in [1.165, 1.54) is 0 Å². The van der Waals surface area contributed by atoms with Gasteiger partial charge in [0.1, 0.15) is 11.5 Å². The Morgan fingerprint density at radius 1 is 1.45 bits per heavy atom. The van der Waals surface area contributed by atoms with Gasteiger partial charge >= 0.3 is 0 Å². The molecule has 1 aromatic heterocycles. The van der Waals surface area contributed by atoms with Gasteiger partial charge in [0, 0.05) is 11.9 Å². The smallest absolute Gasteiger partial charge is 0.272 e. The van der Waals surface area contributed by atoms with E-state index in [0.29, 0.717) is 18.1 Å². The fourth-order valence-electron chi connectivity index (χ4n) is 2.78. The number of fused-ring (bicyclic) bond motifs is 1. The van der Waals surface area contributed by atoms with E-state index in [4.69, 9.17) is 5.73 Å². The second-order valence-electron chi connectivity index (χ2n) is 5.09. The summed E-state index contributed by atoms with van der Waals surface area (Å²) in [6, 6.07) is 9.26. The number of nitrogen functional groups attached to an aromatic ring is 1. The Balaban J connectivity index is 1.99. The minimum Gasteiger partial charge on any atom is -0.394 e. The molecule has 3 rings (SSSR count). The van der Waals surface area contributed by atoms with Crippen LogP contribution in [0.5, 0.6) is 0 Å². The van der Waals surface area contributed by atoms with Crippen molar-refractivity contribution in [2.75, 3.05) is 18.9 Å². The fraction of sp³-hybridized carbons (Fsp3) is 0.333. The Morgan fingerprint density at radius 2 is 2.25 bits per heavy atom. The van der Waals surface area contributed by atoms with Gasteiger partial charge < -0.3 is 15.7 Å². The Morgan fingerprint density at radius 3 is 3.05 bits per heavy atom. The van der Waals surface area contributed by atoms with Crippen molar-refractivity contribution in [1.82, 2.24) is 9.88 Å². The molecule has 0 bridgehead atoms. The van der Waals surface area contributed by atoms with E-state index in [2.05, 4.69) is 4.98 Å². The zero-order valence-corrected chi connectivity index (χ0v) is 11.1. The first-order valence-corrected chi connectivity index (χ1v) is 6.78. The monoisotopic (exact) mass is 271 g/mol. The first kappa shape index (κ1) is 12.9. The number of benzene rings is 1. The topological polar surface area (TPSA) is 79.5 Å².